The molecule has 1 saturated heterocycles. The zero-order chi connectivity index (χ0) is 13.7. The number of rotatable bonds is 5. The molecule has 0 N–H and O–H groups in total. The van der Waals surface area contributed by atoms with Crippen molar-refractivity contribution in [3.63, 3.8) is 0 Å². The van der Waals surface area contributed by atoms with Crippen molar-refractivity contribution in [1.82, 2.24) is 0 Å². The quantitative estimate of drug-likeness (QED) is 0.763. The molecule has 4 heteroatoms. The number of carbonyl (C=O) groups excluding carboxylic acids is 1. The zero-order valence-corrected chi connectivity index (χ0v) is 11.6. The monoisotopic (exact) mass is 263 g/mol. The number of hydrogen-bond donors (Lipinski definition) is 0. The summed E-state index contributed by atoms with van der Waals surface area (Å²) in [6, 6.07) is 7.87. The molecule has 0 saturated carbocycles. The predicted octanol–water partition coefficient (Wildman–Crippen LogP) is 2.13. The van der Waals surface area contributed by atoms with E-state index in [9.17, 15) is 4.79 Å². The Morgan fingerprint density at radius 3 is 2.68 bits per heavy atom. The lowest BCUT2D eigenvalue weighted by Gasteiger charge is -2.36. The Labute approximate surface area is 114 Å². The van der Waals surface area contributed by atoms with Crippen molar-refractivity contribution in [1.29, 1.82) is 0 Å². The third-order valence-corrected chi connectivity index (χ3v) is 3.79. The van der Waals surface area contributed by atoms with Gasteiger partial charge in [-0.1, -0.05) is 12.1 Å². The summed E-state index contributed by atoms with van der Waals surface area (Å²) in [4.78, 5) is 13.6. The summed E-state index contributed by atoms with van der Waals surface area (Å²) in [5.74, 6) is 0.832. The van der Waals surface area contributed by atoms with Gasteiger partial charge in [0.1, 0.15) is 12.0 Å². The molecule has 19 heavy (non-hydrogen) atoms. The highest BCUT2D eigenvalue weighted by Gasteiger charge is 2.34. The lowest BCUT2D eigenvalue weighted by atomic mass is 9.81. The summed E-state index contributed by atoms with van der Waals surface area (Å²) in [7, 11) is 3.66. The maximum atomic E-state index is 11.5. The smallest absolute Gasteiger partial charge is 0.142 e. The van der Waals surface area contributed by atoms with Crippen molar-refractivity contribution >= 4 is 12.0 Å². The molecule has 1 fully saturated rings. The minimum absolute atomic E-state index is 0.298. The molecule has 0 atom stereocenters. The third-order valence-electron chi connectivity index (χ3n) is 3.79. The van der Waals surface area contributed by atoms with Crippen LogP contribution in [0.15, 0.2) is 24.3 Å². The van der Waals surface area contributed by atoms with E-state index >= 15 is 0 Å². The summed E-state index contributed by atoms with van der Waals surface area (Å²) in [5.41, 5.74) is 0.714. The largest absolute Gasteiger partial charge is 0.495 e. The van der Waals surface area contributed by atoms with Crippen molar-refractivity contribution in [2.75, 3.05) is 38.8 Å². The molecule has 1 heterocycles. The number of carbonyl (C=O) groups is 1. The van der Waals surface area contributed by atoms with Crippen LogP contribution in [-0.2, 0) is 9.53 Å². The van der Waals surface area contributed by atoms with Gasteiger partial charge in [0.2, 0.25) is 0 Å². The van der Waals surface area contributed by atoms with Gasteiger partial charge in [-0.15, -0.1) is 0 Å². The Kier molecular flexibility index (Phi) is 4.43. The third kappa shape index (κ3) is 3.07. The minimum atomic E-state index is -0.298. The van der Waals surface area contributed by atoms with Crippen molar-refractivity contribution in [3.8, 4) is 5.75 Å². The second kappa shape index (κ2) is 6.06. The summed E-state index contributed by atoms with van der Waals surface area (Å²) < 4.78 is 10.7. The van der Waals surface area contributed by atoms with Crippen LogP contribution in [-0.4, -0.2) is 40.2 Å². The Hall–Kier alpha value is -1.55. The highest BCUT2D eigenvalue weighted by atomic mass is 16.5. The van der Waals surface area contributed by atoms with Gasteiger partial charge in [-0.2, -0.15) is 0 Å². The number of anilines is 1. The normalized spacial score (nSPS) is 17.8. The fraction of sp³-hybridized carbons (Fsp3) is 0.533. The maximum Gasteiger partial charge on any atom is 0.142 e. The lowest BCUT2D eigenvalue weighted by Crippen LogP contribution is -2.41. The van der Waals surface area contributed by atoms with E-state index in [0.29, 0.717) is 19.8 Å². The highest BCUT2D eigenvalue weighted by molar-refractivity contribution is 5.64. The van der Waals surface area contributed by atoms with Crippen LogP contribution in [0.25, 0.3) is 0 Å². The van der Waals surface area contributed by atoms with Crippen molar-refractivity contribution in [2.24, 2.45) is 5.41 Å². The number of nitrogens with zero attached hydrogens (tertiary/aromatic N) is 1. The van der Waals surface area contributed by atoms with Gasteiger partial charge in [0.25, 0.3) is 0 Å². The molecule has 0 aliphatic carbocycles. The Morgan fingerprint density at radius 2 is 2.05 bits per heavy atom. The van der Waals surface area contributed by atoms with Gasteiger partial charge >= 0.3 is 0 Å². The van der Waals surface area contributed by atoms with E-state index in [0.717, 1.165) is 30.6 Å². The average molecular weight is 263 g/mol. The minimum Gasteiger partial charge on any atom is -0.495 e. The van der Waals surface area contributed by atoms with Crippen molar-refractivity contribution in [2.45, 2.75) is 12.8 Å². The van der Waals surface area contributed by atoms with E-state index in [1.54, 1.807) is 7.11 Å². The van der Waals surface area contributed by atoms with E-state index in [1.807, 2.05) is 31.3 Å². The van der Waals surface area contributed by atoms with Crippen LogP contribution in [0.3, 0.4) is 0 Å². The molecule has 104 valence electrons. The summed E-state index contributed by atoms with van der Waals surface area (Å²) in [5, 5.41) is 0. The molecule has 1 aromatic rings. The van der Waals surface area contributed by atoms with Crippen LogP contribution >= 0.6 is 0 Å². The first-order valence-electron chi connectivity index (χ1n) is 6.59. The molecule has 4 nitrogen and oxygen atoms in total. The Balaban J connectivity index is 2.15. The van der Waals surface area contributed by atoms with E-state index in [2.05, 4.69) is 4.90 Å². The highest BCUT2D eigenvalue weighted by Crippen LogP contribution is 2.33. The second-order valence-electron chi connectivity index (χ2n) is 5.12. The summed E-state index contributed by atoms with van der Waals surface area (Å²) in [6.45, 7) is 2.03. The van der Waals surface area contributed by atoms with Crippen LogP contribution < -0.4 is 9.64 Å². The SMILES string of the molecule is COc1ccccc1N(C)CC1(C=O)CCOCC1. The molecule has 2 rings (SSSR count). The van der Waals surface area contributed by atoms with Crippen LogP contribution in [0, 0.1) is 5.41 Å². The van der Waals surface area contributed by atoms with Gasteiger partial charge in [0.05, 0.1) is 12.8 Å². The predicted molar refractivity (Wildman–Crippen MR) is 74.8 cm³/mol. The molecule has 1 aliphatic heterocycles. The van der Waals surface area contributed by atoms with Gasteiger partial charge in [-0.3, -0.25) is 0 Å². The molecule has 0 unspecified atom stereocenters. The van der Waals surface area contributed by atoms with E-state index in [1.165, 1.54) is 0 Å². The molecule has 1 aliphatic rings. The topological polar surface area (TPSA) is 38.8 Å². The van der Waals surface area contributed by atoms with E-state index in [-0.39, 0.29) is 5.41 Å². The van der Waals surface area contributed by atoms with Crippen LogP contribution in [0.2, 0.25) is 0 Å². The summed E-state index contributed by atoms with van der Waals surface area (Å²) in [6.07, 6.45) is 2.67. The maximum absolute atomic E-state index is 11.5. The number of ether oxygens (including phenoxy) is 2. The first-order valence-corrected chi connectivity index (χ1v) is 6.59. The standard InChI is InChI=1S/C15H21NO3/c1-16(13-5-3-4-6-14(13)18-2)11-15(12-17)7-9-19-10-8-15/h3-6,12H,7-11H2,1-2H3. The number of methoxy groups -OCH3 is 1. The average Bonchev–Trinajstić information content (AvgIpc) is 2.48. The van der Waals surface area contributed by atoms with Gasteiger partial charge in [0, 0.05) is 32.2 Å². The fourth-order valence-corrected chi connectivity index (χ4v) is 2.59. The van der Waals surface area contributed by atoms with Crippen molar-refractivity contribution in [3.05, 3.63) is 24.3 Å². The van der Waals surface area contributed by atoms with E-state index < -0.39 is 0 Å². The molecule has 0 radical (unpaired) electrons. The fourth-order valence-electron chi connectivity index (χ4n) is 2.59. The number of para-hydroxylation sites is 2. The molecular formula is C15H21NO3. The Morgan fingerprint density at radius 1 is 1.37 bits per heavy atom. The first-order chi connectivity index (χ1) is 9.21. The molecule has 0 aromatic heterocycles. The van der Waals surface area contributed by atoms with E-state index in [4.69, 9.17) is 9.47 Å². The number of benzene rings is 1. The first kappa shape index (κ1) is 13.9. The second-order valence-corrected chi connectivity index (χ2v) is 5.12. The van der Waals surface area contributed by atoms with Crippen LogP contribution in [0.1, 0.15) is 12.8 Å². The van der Waals surface area contributed by atoms with Gasteiger partial charge in [0.15, 0.2) is 0 Å². The van der Waals surface area contributed by atoms with Crippen LogP contribution in [0.4, 0.5) is 5.69 Å². The van der Waals surface area contributed by atoms with Crippen LogP contribution in [0.5, 0.6) is 5.75 Å². The molecule has 0 spiro atoms. The lowest BCUT2D eigenvalue weighted by molar-refractivity contribution is -0.120. The summed E-state index contributed by atoms with van der Waals surface area (Å²) >= 11 is 0. The van der Waals surface area contributed by atoms with Crippen molar-refractivity contribution < 1.29 is 14.3 Å². The molecule has 0 amide bonds. The van der Waals surface area contributed by atoms with Gasteiger partial charge in [-0.05, 0) is 25.0 Å². The van der Waals surface area contributed by atoms with Gasteiger partial charge < -0.3 is 19.2 Å². The van der Waals surface area contributed by atoms with Gasteiger partial charge in [-0.25, -0.2) is 0 Å². The number of aldehydes is 1. The number of hydrogen-bond acceptors (Lipinski definition) is 4. The molecular weight excluding hydrogens is 242 g/mol. The zero-order valence-electron chi connectivity index (χ0n) is 11.6. The molecule has 1 aromatic carbocycles. The Bertz CT molecular complexity index is 427. The molecule has 0 bridgehead atoms.